The van der Waals surface area contributed by atoms with E-state index in [1.165, 1.54) is 4.90 Å². The van der Waals surface area contributed by atoms with E-state index in [4.69, 9.17) is 5.11 Å². The smallest absolute Gasteiger partial charge is 0.326 e. The van der Waals surface area contributed by atoms with Crippen LogP contribution in [0.5, 0.6) is 0 Å². The van der Waals surface area contributed by atoms with Crippen LogP contribution in [0, 0.1) is 5.92 Å². The molecule has 2 heterocycles. The number of carbonyl (C=O) groups excluding carboxylic acids is 1. The highest BCUT2D eigenvalue weighted by atomic mass is 16.4. The Morgan fingerprint density at radius 1 is 1.41 bits per heavy atom. The molecular formula is C11H18N2O4. The first kappa shape index (κ1) is 12.3. The summed E-state index contributed by atoms with van der Waals surface area (Å²) >= 11 is 0. The first-order chi connectivity index (χ1) is 8.00. The highest BCUT2D eigenvalue weighted by Crippen LogP contribution is 2.25. The number of β-amino-alcohol motifs (C(OH)–C–C–N with tert-alkyl or cyclic N) is 1. The van der Waals surface area contributed by atoms with Crippen molar-refractivity contribution in [1.82, 2.24) is 10.2 Å². The van der Waals surface area contributed by atoms with Crippen LogP contribution < -0.4 is 5.32 Å². The van der Waals surface area contributed by atoms with E-state index >= 15 is 0 Å². The van der Waals surface area contributed by atoms with Crippen molar-refractivity contribution in [2.24, 2.45) is 5.92 Å². The predicted molar refractivity (Wildman–Crippen MR) is 59.3 cm³/mol. The molecule has 0 bridgehead atoms. The zero-order valence-electron chi connectivity index (χ0n) is 9.80. The van der Waals surface area contributed by atoms with Gasteiger partial charge in [-0.1, -0.05) is 0 Å². The van der Waals surface area contributed by atoms with E-state index in [-0.39, 0.29) is 30.8 Å². The molecule has 6 nitrogen and oxygen atoms in total. The van der Waals surface area contributed by atoms with E-state index in [1.807, 2.05) is 6.92 Å². The number of aliphatic hydroxyl groups is 1. The molecule has 2 aliphatic heterocycles. The van der Waals surface area contributed by atoms with Crippen molar-refractivity contribution in [1.29, 1.82) is 0 Å². The fourth-order valence-electron chi connectivity index (χ4n) is 2.70. The molecule has 2 rings (SSSR count). The maximum absolute atomic E-state index is 12.2. The minimum atomic E-state index is -1.03. The van der Waals surface area contributed by atoms with Crippen molar-refractivity contribution in [3.8, 4) is 0 Å². The van der Waals surface area contributed by atoms with E-state index in [0.717, 1.165) is 13.0 Å². The minimum absolute atomic E-state index is 0.0784. The molecule has 17 heavy (non-hydrogen) atoms. The summed E-state index contributed by atoms with van der Waals surface area (Å²) in [5.41, 5.74) is 0. The SMILES string of the molecule is CC1NCCC1C(=O)N1CC(O)C[C@H]1C(=O)O. The number of nitrogens with one attached hydrogen (secondary N) is 1. The van der Waals surface area contributed by atoms with Gasteiger partial charge in [-0.2, -0.15) is 0 Å². The Kier molecular flexibility index (Phi) is 3.35. The van der Waals surface area contributed by atoms with Crippen LogP contribution in [-0.4, -0.2) is 58.3 Å². The largest absolute Gasteiger partial charge is 0.480 e. The van der Waals surface area contributed by atoms with Gasteiger partial charge < -0.3 is 20.4 Å². The van der Waals surface area contributed by atoms with Crippen molar-refractivity contribution >= 4 is 11.9 Å². The summed E-state index contributed by atoms with van der Waals surface area (Å²) in [7, 11) is 0. The van der Waals surface area contributed by atoms with Crippen LogP contribution in [-0.2, 0) is 9.59 Å². The van der Waals surface area contributed by atoms with Crippen molar-refractivity contribution in [3.63, 3.8) is 0 Å². The molecule has 3 unspecified atom stereocenters. The molecule has 6 heteroatoms. The number of nitrogens with zero attached hydrogens (tertiary/aromatic N) is 1. The lowest BCUT2D eigenvalue weighted by molar-refractivity contribution is -0.150. The molecule has 96 valence electrons. The maximum atomic E-state index is 12.2. The molecule has 0 aromatic rings. The number of carbonyl (C=O) groups is 2. The van der Waals surface area contributed by atoms with Gasteiger partial charge >= 0.3 is 5.97 Å². The van der Waals surface area contributed by atoms with E-state index in [9.17, 15) is 14.7 Å². The van der Waals surface area contributed by atoms with Gasteiger partial charge in [0.2, 0.25) is 5.91 Å². The molecule has 0 aromatic carbocycles. The Hall–Kier alpha value is -1.14. The van der Waals surface area contributed by atoms with Gasteiger partial charge in [0.05, 0.1) is 12.0 Å². The van der Waals surface area contributed by atoms with Gasteiger partial charge in [-0.15, -0.1) is 0 Å². The van der Waals surface area contributed by atoms with Crippen LogP contribution in [0.4, 0.5) is 0 Å². The standard InChI is InChI=1S/C11H18N2O4/c1-6-8(2-3-12-6)10(15)13-5-7(14)4-9(13)11(16)17/h6-9,12,14H,2-5H2,1H3,(H,16,17)/t6?,7?,8?,9-/m0/s1. The Balaban J connectivity index is 2.10. The average Bonchev–Trinajstić information content (AvgIpc) is 2.83. The van der Waals surface area contributed by atoms with Crippen molar-refractivity contribution in [2.75, 3.05) is 13.1 Å². The van der Waals surface area contributed by atoms with Gasteiger partial charge in [0.25, 0.3) is 0 Å². The van der Waals surface area contributed by atoms with Gasteiger partial charge in [0.15, 0.2) is 0 Å². The first-order valence-corrected chi connectivity index (χ1v) is 5.95. The fourth-order valence-corrected chi connectivity index (χ4v) is 2.70. The van der Waals surface area contributed by atoms with E-state index < -0.39 is 18.1 Å². The Morgan fingerprint density at radius 3 is 2.65 bits per heavy atom. The normalized spacial score (nSPS) is 37.4. The van der Waals surface area contributed by atoms with Gasteiger partial charge in [-0.25, -0.2) is 4.79 Å². The third kappa shape index (κ3) is 2.28. The molecule has 0 radical (unpaired) electrons. The zero-order chi connectivity index (χ0) is 12.6. The third-order valence-corrected chi connectivity index (χ3v) is 3.69. The molecular weight excluding hydrogens is 224 g/mol. The molecule has 4 atom stereocenters. The van der Waals surface area contributed by atoms with Crippen LogP contribution in [0.25, 0.3) is 0 Å². The van der Waals surface area contributed by atoms with Gasteiger partial charge in [0.1, 0.15) is 6.04 Å². The number of rotatable bonds is 2. The van der Waals surface area contributed by atoms with Crippen LogP contribution in [0.2, 0.25) is 0 Å². The Morgan fingerprint density at radius 2 is 2.12 bits per heavy atom. The Labute approximate surface area is 99.6 Å². The summed E-state index contributed by atoms with van der Waals surface area (Å²) in [6, 6.07) is -0.792. The first-order valence-electron chi connectivity index (χ1n) is 5.95. The van der Waals surface area contributed by atoms with Gasteiger partial charge in [-0.3, -0.25) is 4.79 Å². The number of carboxylic acid groups (broad SMARTS) is 1. The molecule has 0 saturated carbocycles. The summed E-state index contributed by atoms with van der Waals surface area (Å²) in [5, 5.41) is 21.7. The summed E-state index contributed by atoms with van der Waals surface area (Å²) in [4.78, 5) is 24.6. The van der Waals surface area contributed by atoms with Crippen LogP contribution in [0.3, 0.4) is 0 Å². The number of aliphatic hydroxyl groups excluding tert-OH is 1. The predicted octanol–water partition coefficient (Wildman–Crippen LogP) is -0.969. The van der Waals surface area contributed by atoms with Crippen molar-refractivity contribution < 1.29 is 19.8 Å². The second-order valence-corrected chi connectivity index (χ2v) is 4.87. The molecule has 0 aromatic heterocycles. The van der Waals surface area contributed by atoms with Crippen molar-refractivity contribution in [3.05, 3.63) is 0 Å². The number of hydrogen-bond donors (Lipinski definition) is 3. The van der Waals surface area contributed by atoms with E-state index in [0.29, 0.717) is 0 Å². The second kappa shape index (κ2) is 4.62. The Bertz CT molecular complexity index is 333. The number of amides is 1. The van der Waals surface area contributed by atoms with Crippen LogP contribution in [0.15, 0.2) is 0 Å². The average molecular weight is 242 g/mol. The molecule has 2 aliphatic rings. The number of aliphatic carboxylic acids is 1. The highest BCUT2D eigenvalue weighted by molar-refractivity contribution is 5.86. The summed E-state index contributed by atoms with van der Waals surface area (Å²) in [6.45, 7) is 2.85. The molecule has 1 amide bonds. The lowest BCUT2D eigenvalue weighted by atomic mass is 10.00. The monoisotopic (exact) mass is 242 g/mol. The fraction of sp³-hybridized carbons (Fsp3) is 0.818. The van der Waals surface area contributed by atoms with E-state index in [2.05, 4.69) is 5.32 Å². The molecule has 0 spiro atoms. The summed E-state index contributed by atoms with van der Waals surface area (Å²) < 4.78 is 0. The number of hydrogen-bond acceptors (Lipinski definition) is 4. The second-order valence-electron chi connectivity index (χ2n) is 4.87. The number of likely N-dealkylation sites (tertiary alicyclic amines) is 1. The van der Waals surface area contributed by atoms with Crippen LogP contribution in [0.1, 0.15) is 19.8 Å². The third-order valence-electron chi connectivity index (χ3n) is 3.69. The highest BCUT2D eigenvalue weighted by Gasteiger charge is 2.43. The van der Waals surface area contributed by atoms with Crippen LogP contribution >= 0.6 is 0 Å². The molecule has 2 fully saturated rings. The van der Waals surface area contributed by atoms with E-state index in [1.54, 1.807) is 0 Å². The maximum Gasteiger partial charge on any atom is 0.326 e. The zero-order valence-corrected chi connectivity index (χ0v) is 9.80. The topological polar surface area (TPSA) is 89.9 Å². The van der Waals surface area contributed by atoms with Gasteiger partial charge in [-0.05, 0) is 19.9 Å². The summed E-state index contributed by atoms with van der Waals surface area (Å²) in [6.07, 6.45) is 0.152. The van der Waals surface area contributed by atoms with Gasteiger partial charge in [0, 0.05) is 19.0 Å². The minimum Gasteiger partial charge on any atom is -0.480 e. The number of carboxylic acids is 1. The molecule has 2 saturated heterocycles. The quantitative estimate of drug-likeness (QED) is 0.580. The molecule has 3 N–H and O–H groups in total. The molecule has 0 aliphatic carbocycles. The lowest BCUT2D eigenvalue weighted by Crippen LogP contribution is -2.45. The van der Waals surface area contributed by atoms with Crippen molar-refractivity contribution in [2.45, 2.75) is 38.0 Å². The summed E-state index contributed by atoms with van der Waals surface area (Å²) in [5.74, 6) is -1.35. The lowest BCUT2D eigenvalue weighted by Gasteiger charge is -2.26.